The minimum atomic E-state index is -0.501. The molecule has 0 bridgehead atoms. The van der Waals surface area contributed by atoms with E-state index in [-0.39, 0.29) is 17.9 Å². The van der Waals surface area contributed by atoms with Crippen molar-refractivity contribution < 1.29 is 4.39 Å². The van der Waals surface area contributed by atoms with Gasteiger partial charge >= 0.3 is 0 Å². The lowest BCUT2D eigenvalue weighted by molar-refractivity contribution is 0.595. The zero-order valence-electron chi connectivity index (χ0n) is 7.89. The summed E-state index contributed by atoms with van der Waals surface area (Å²) in [4.78, 5) is 11.6. The molecule has 0 aliphatic carbocycles. The largest absolute Gasteiger partial charge is 0.325 e. The van der Waals surface area contributed by atoms with Gasteiger partial charge in [0.05, 0.1) is 11.4 Å². The minimum absolute atomic E-state index is 0.0498. The third-order valence-corrected chi connectivity index (χ3v) is 1.96. The van der Waals surface area contributed by atoms with E-state index >= 15 is 0 Å². The maximum Gasteiger partial charge on any atom is 0.173 e. The zero-order valence-corrected chi connectivity index (χ0v) is 7.89. The van der Waals surface area contributed by atoms with E-state index in [9.17, 15) is 4.39 Å². The second-order valence-electron chi connectivity index (χ2n) is 2.90. The number of nitrogens with zero attached hydrogens (tertiary/aromatic N) is 3. The fourth-order valence-corrected chi connectivity index (χ4v) is 1.23. The summed E-state index contributed by atoms with van der Waals surface area (Å²) in [5.74, 6) is -0.501. The first-order chi connectivity index (χ1) is 7.33. The number of halogens is 1. The molecule has 0 spiro atoms. The topological polar surface area (TPSA) is 64.7 Å². The lowest BCUT2D eigenvalue weighted by Crippen LogP contribution is -2.06. The van der Waals surface area contributed by atoms with Gasteiger partial charge in [-0.3, -0.25) is 4.98 Å². The highest BCUT2D eigenvalue weighted by Crippen LogP contribution is 2.18. The summed E-state index contributed by atoms with van der Waals surface area (Å²) < 4.78 is 13.7. The molecule has 0 atom stereocenters. The van der Waals surface area contributed by atoms with Gasteiger partial charge in [0.15, 0.2) is 5.82 Å². The summed E-state index contributed by atoms with van der Waals surface area (Å²) in [6.45, 7) is 0.0498. The summed E-state index contributed by atoms with van der Waals surface area (Å²) in [7, 11) is 0. The van der Waals surface area contributed by atoms with E-state index in [2.05, 4.69) is 15.0 Å². The van der Waals surface area contributed by atoms with E-state index in [1.165, 1.54) is 6.33 Å². The quantitative estimate of drug-likeness (QED) is 0.796. The van der Waals surface area contributed by atoms with Gasteiger partial charge in [0.2, 0.25) is 0 Å². The van der Waals surface area contributed by atoms with Crippen LogP contribution in [0.25, 0.3) is 11.4 Å². The molecule has 0 radical (unpaired) electrons. The number of rotatable bonds is 2. The van der Waals surface area contributed by atoms with Crippen LogP contribution < -0.4 is 5.73 Å². The first kappa shape index (κ1) is 9.67. The van der Waals surface area contributed by atoms with Crippen molar-refractivity contribution in [3.63, 3.8) is 0 Å². The molecule has 0 unspecified atom stereocenters. The Hall–Kier alpha value is -1.88. The molecule has 0 aliphatic rings. The molecule has 2 aromatic rings. The molecule has 2 rings (SSSR count). The fourth-order valence-electron chi connectivity index (χ4n) is 1.23. The lowest BCUT2D eigenvalue weighted by Gasteiger charge is -2.03. The molecule has 2 aromatic heterocycles. The molecule has 0 saturated heterocycles. The van der Waals surface area contributed by atoms with Crippen LogP contribution in [0.5, 0.6) is 0 Å². The van der Waals surface area contributed by atoms with Crippen molar-refractivity contribution in [2.75, 3.05) is 0 Å². The van der Waals surface area contributed by atoms with E-state index in [1.807, 2.05) is 0 Å². The predicted molar refractivity (Wildman–Crippen MR) is 53.1 cm³/mol. The van der Waals surface area contributed by atoms with E-state index in [4.69, 9.17) is 5.73 Å². The molecular formula is C10H9FN4. The molecular weight excluding hydrogens is 195 g/mol. The first-order valence-electron chi connectivity index (χ1n) is 4.43. The maximum absolute atomic E-state index is 13.7. The maximum atomic E-state index is 13.7. The summed E-state index contributed by atoms with van der Waals surface area (Å²) in [5, 5.41) is 0. The van der Waals surface area contributed by atoms with E-state index in [1.54, 1.807) is 24.4 Å². The Morgan fingerprint density at radius 2 is 2.07 bits per heavy atom. The van der Waals surface area contributed by atoms with Crippen LogP contribution in [0.4, 0.5) is 4.39 Å². The van der Waals surface area contributed by atoms with Gasteiger partial charge in [0.1, 0.15) is 12.0 Å². The summed E-state index contributed by atoms with van der Waals surface area (Å²) >= 11 is 0. The van der Waals surface area contributed by atoms with Crippen LogP contribution >= 0.6 is 0 Å². The van der Waals surface area contributed by atoms with Gasteiger partial charge in [-0.05, 0) is 12.1 Å². The number of hydrogen-bond acceptors (Lipinski definition) is 4. The highest BCUT2D eigenvalue weighted by molar-refractivity contribution is 5.54. The molecule has 4 nitrogen and oxygen atoms in total. The Morgan fingerprint density at radius 1 is 1.20 bits per heavy atom. The Bertz CT molecular complexity index is 458. The standard InChI is InChI=1S/C10H9FN4/c11-9-8(5-12)14-6-15-10(9)7-3-1-2-4-13-7/h1-4,6H,5,12H2. The Kier molecular flexibility index (Phi) is 2.64. The molecule has 0 aromatic carbocycles. The van der Waals surface area contributed by atoms with Gasteiger partial charge in [0.25, 0.3) is 0 Å². The molecule has 76 valence electrons. The zero-order chi connectivity index (χ0) is 10.7. The fraction of sp³-hybridized carbons (Fsp3) is 0.100. The molecule has 0 amide bonds. The van der Waals surface area contributed by atoms with Crippen molar-refractivity contribution in [1.29, 1.82) is 0 Å². The number of nitrogens with two attached hydrogens (primary N) is 1. The van der Waals surface area contributed by atoms with Gasteiger partial charge < -0.3 is 5.73 Å². The van der Waals surface area contributed by atoms with Gasteiger partial charge in [-0.15, -0.1) is 0 Å². The van der Waals surface area contributed by atoms with Crippen molar-refractivity contribution in [1.82, 2.24) is 15.0 Å². The highest BCUT2D eigenvalue weighted by atomic mass is 19.1. The predicted octanol–water partition coefficient (Wildman–Crippen LogP) is 1.14. The van der Waals surface area contributed by atoms with Crippen LogP contribution in [-0.2, 0) is 6.54 Å². The molecule has 5 heteroatoms. The van der Waals surface area contributed by atoms with Crippen molar-refractivity contribution >= 4 is 0 Å². The van der Waals surface area contributed by atoms with Gasteiger partial charge in [-0.25, -0.2) is 14.4 Å². The van der Waals surface area contributed by atoms with Crippen LogP contribution in [0.15, 0.2) is 30.7 Å². The van der Waals surface area contributed by atoms with Crippen LogP contribution in [0, 0.1) is 5.82 Å². The average Bonchev–Trinajstić information content (AvgIpc) is 2.30. The number of hydrogen-bond donors (Lipinski definition) is 1. The normalized spacial score (nSPS) is 10.3. The van der Waals surface area contributed by atoms with E-state index in [0.717, 1.165) is 0 Å². The van der Waals surface area contributed by atoms with Crippen molar-refractivity contribution in [3.8, 4) is 11.4 Å². The third kappa shape index (κ3) is 1.82. The molecule has 0 aliphatic heterocycles. The first-order valence-corrected chi connectivity index (χ1v) is 4.43. The van der Waals surface area contributed by atoms with Gasteiger partial charge in [-0.2, -0.15) is 0 Å². The second kappa shape index (κ2) is 4.10. The number of pyridine rings is 1. The van der Waals surface area contributed by atoms with Crippen LogP contribution in [0.2, 0.25) is 0 Å². The highest BCUT2D eigenvalue weighted by Gasteiger charge is 2.11. The summed E-state index contributed by atoms with van der Waals surface area (Å²) in [6, 6.07) is 5.21. The Labute approximate surface area is 86.0 Å². The van der Waals surface area contributed by atoms with Crippen LogP contribution in [0.1, 0.15) is 5.69 Å². The second-order valence-corrected chi connectivity index (χ2v) is 2.90. The van der Waals surface area contributed by atoms with Crippen LogP contribution in [-0.4, -0.2) is 15.0 Å². The van der Waals surface area contributed by atoms with Crippen molar-refractivity contribution in [3.05, 3.63) is 42.2 Å². The molecule has 0 fully saturated rings. The summed E-state index contributed by atoms with van der Waals surface area (Å²) in [5.41, 5.74) is 6.21. The Morgan fingerprint density at radius 3 is 2.73 bits per heavy atom. The Balaban J connectivity index is 2.54. The SMILES string of the molecule is NCc1ncnc(-c2ccccn2)c1F. The number of aromatic nitrogens is 3. The molecule has 0 saturated carbocycles. The van der Waals surface area contributed by atoms with E-state index in [0.29, 0.717) is 5.69 Å². The summed E-state index contributed by atoms with van der Waals surface area (Å²) in [6.07, 6.45) is 2.87. The van der Waals surface area contributed by atoms with Gasteiger partial charge in [0, 0.05) is 12.7 Å². The molecule has 15 heavy (non-hydrogen) atoms. The lowest BCUT2D eigenvalue weighted by atomic mass is 10.2. The molecule has 2 N–H and O–H groups in total. The molecule has 2 heterocycles. The minimum Gasteiger partial charge on any atom is -0.325 e. The van der Waals surface area contributed by atoms with Gasteiger partial charge in [-0.1, -0.05) is 6.07 Å². The monoisotopic (exact) mass is 204 g/mol. The van der Waals surface area contributed by atoms with Crippen molar-refractivity contribution in [2.24, 2.45) is 5.73 Å². The van der Waals surface area contributed by atoms with Crippen LogP contribution in [0.3, 0.4) is 0 Å². The smallest absolute Gasteiger partial charge is 0.173 e. The average molecular weight is 204 g/mol. The van der Waals surface area contributed by atoms with Crippen molar-refractivity contribution in [2.45, 2.75) is 6.54 Å². The third-order valence-electron chi connectivity index (χ3n) is 1.96. The van der Waals surface area contributed by atoms with E-state index < -0.39 is 5.82 Å².